The number of hydrogen-bond acceptors (Lipinski definition) is 15. The highest BCUT2D eigenvalue weighted by atomic mass is 35.5. The van der Waals surface area contributed by atoms with Gasteiger partial charge in [-0.15, -0.1) is 12.4 Å². The number of aromatic amines is 2. The number of amides is 1. The molecule has 66 heavy (non-hydrogen) atoms. The summed E-state index contributed by atoms with van der Waals surface area (Å²) in [6, 6.07) is 25.7. The SMILES string of the molecule is Cl.NCc1ccc2c(c1)CN(c1c(N)c(=O)c1=O)CC2.Nc1c(N2CCc3ccc(CNC(=O)c4nc(=O)[nH]c5ccccc45)cc3C2)c(=O)c1=O.O=C(O)c1nc(=O)[nH]c2ccccc12. The van der Waals surface area contributed by atoms with Crippen LogP contribution in [0.1, 0.15) is 54.4 Å². The Kier molecular flexibility index (Phi) is 13.0. The Labute approximate surface area is 378 Å². The van der Waals surface area contributed by atoms with Crippen molar-refractivity contribution >= 4 is 68.8 Å². The molecular weight excluding hydrogens is 872 g/mol. The van der Waals surface area contributed by atoms with Gasteiger partial charge in [-0.05, 0) is 58.4 Å². The number of benzene rings is 4. The molecule has 0 saturated heterocycles. The molecule has 19 nitrogen and oxygen atoms in total. The number of nitrogens with zero attached hydrogens (tertiary/aromatic N) is 4. The summed E-state index contributed by atoms with van der Waals surface area (Å²) < 4.78 is 0. The molecule has 0 radical (unpaired) electrons. The predicted molar refractivity (Wildman–Crippen MR) is 252 cm³/mol. The maximum absolute atomic E-state index is 12.7. The van der Waals surface area contributed by atoms with Crippen LogP contribution in [0.5, 0.6) is 0 Å². The number of carboxylic acids is 1. The van der Waals surface area contributed by atoms with Gasteiger partial charge in [-0.3, -0.25) is 24.0 Å². The number of para-hydroxylation sites is 2. The molecule has 0 unspecified atom stereocenters. The number of anilines is 4. The van der Waals surface area contributed by atoms with E-state index in [0.29, 0.717) is 65.9 Å². The summed E-state index contributed by atoms with van der Waals surface area (Å²) in [5.41, 5.74) is 21.7. The van der Waals surface area contributed by atoms with Crippen molar-refractivity contribution < 1.29 is 14.7 Å². The van der Waals surface area contributed by atoms with Crippen molar-refractivity contribution in [2.24, 2.45) is 5.73 Å². The summed E-state index contributed by atoms with van der Waals surface area (Å²) in [5, 5.41) is 12.6. The van der Waals surface area contributed by atoms with Gasteiger partial charge in [-0.2, -0.15) is 9.97 Å². The second kappa shape index (κ2) is 18.8. The van der Waals surface area contributed by atoms with Gasteiger partial charge in [0.25, 0.3) is 27.6 Å². The lowest BCUT2D eigenvalue weighted by molar-refractivity contribution is 0.0692. The fraction of sp³-hybridized carbons (Fsp3) is 0.174. The van der Waals surface area contributed by atoms with Crippen molar-refractivity contribution in [1.29, 1.82) is 0 Å². The van der Waals surface area contributed by atoms with Crippen LogP contribution in [0.4, 0.5) is 22.7 Å². The number of hydrogen-bond donors (Lipinski definition) is 7. The minimum atomic E-state index is -1.20. The summed E-state index contributed by atoms with van der Waals surface area (Å²) in [7, 11) is 0. The summed E-state index contributed by atoms with van der Waals surface area (Å²) >= 11 is 0. The van der Waals surface area contributed by atoms with E-state index >= 15 is 0 Å². The normalized spacial score (nSPS) is 12.9. The van der Waals surface area contributed by atoms with E-state index in [9.17, 15) is 38.4 Å². The van der Waals surface area contributed by atoms with Gasteiger partial charge in [0.2, 0.25) is 0 Å². The van der Waals surface area contributed by atoms with Crippen LogP contribution >= 0.6 is 12.4 Å². The van der Waals surface area contributed by atoms with Gasteiger partial charge >= 0.3 is 17.3 Å². The zero-order chi connectivity index (χ0) is 46.1. The number of carbonyl (C=O) groups excluding carboxylic acids is 1. The number of carbonyl (C=O) groups is 2. The lowest BCUT2D eigenvalue weighted by atomic mass is 9.96. The Morgan fingerprint density at radius 1 is 0.621 bits per heavy atom. The minimum Gasteiger partial charge on any atom is -0.476 e. The molecule has 10 N–H and O–H groups in total. The highest BCUT2D eigenvalue weighted by Gasteiger charge is 2.28. The smallest absolute Gasteiger partial charge is 0.355 e. The number of aromatic carboxylic acids is 1. The Morgan fingerprint density at radius 2 is 1.08 bits per heavy atom. The van der Waals surface area contributed by atoms with Gasteiger partial charge in [-0.25, -0.2) is 14.4 Å². The van der Waals surface area contributed by atoms with E-state index in [1.807, 2.05) is 34.1 Å². The molecule has 1 amide bonds. The maximum Gasteiger partial charge on any atom is 0.355 e. The Bertz CT molecular complexity index is 3480. The number of nitrogens with two attached hydrogens (primary N) is 3. The molecule has 10 rings (SSSR count). The van der Waals surface area contributed by atoms with E-state index in [4.69, 9.17) is 22.3 Å². The van der Waals surface area contributed by atoms with Gasteiger partial charge in [0.15, 0.2) is 5.69 Å². The van der Waals surface area contributed by atoms with Crippen LogP contribution in [-0.4, -0.2) is 50.0 Å². The zero-order valence-electron chi connectivity index (χ0n) is 34.9. The lowest BCUT2D eigenvalue weighted by Crippen LogP contribution is -2.44. The largest absolute Gasteiger partial charge is 0.476 e. The number of nitrogen functional groups attached to an aromatic ring is 2. The summed E-state index contributed by atoms with van der Waals surface area (Å²) in [6.45, 7) is 3.14. The van der Waals surface area contributed by atoms with Crippen LogP contribution in [0.3, 0.4) is 0 Å². The third-order valence-electron chi connectivity index (χ3n) is 11.4. The molecule has 0 aliphatic carbocycles. The molecule has 336 valence electrons. The fourth-order valence-electron chi connectivity index (χ4n) is 8.07. The van der Waals surface area contributed by atoms with Crippen molar-refractivity contribution in [1.82, 2.24) is 25.3 Å². The maximum atomic E-state index is 12.7. The number of nitrogens with one attached hydrogen (secondary N) is 3. The fourth-order valence-corrected chi connectivity index (χ4v) is 8.07. The number of fused-ring (bicyclic) bond motifs is 4. The van der Waals surface area contributed by atoms with Crippen LogP contribution in [0, 0.1) is 0 Å². The Morgan fingerprint density at radius 3 is 1.56 bits per heavy atom. The molecule has 6 aromatic carbocycles. The van der Waals surface area contributed by atoms with Crippen molar-refractivity contribution in [3.63, 3.8) is 0 Å². The number of aromatic nitrogens is 4. The van der Waals surface area contributed by atoms with E-state index in [0.717, 1.165) is 40.7 Å². The molecule has 0 fully saturated rings. The van der Waals surface area contributed by atoms with Gasteiger partial charge in [-0.1, -0.05) is 72.8 Å². The standard InChI is InChI=1S/C23H19N5O4.C14H15N3O2.C9H6N2O3.ClH/c24-17-19(21(30)20(17)29)28-8-7-13-6-5-12(9-14(13)11-28)10-25-22(31)18-15-3-1-2-4-16(15)26-23(32)27-18;15-6-8-1-2-9-3-4-17(7-10(9)5-8)12-11(16)13(18)14(12)19;12-8(13)7-5-3-1-2-4-6(5)10-9(14)11-7;/h1-6,9H,7-8,10-11,24H2,(H,25,31)(H,26,27,32);1-2,5H,3-4,6-7,15-16H2;1-4H,(H,12,13)(H,10,11,14);1H. The van der Waals surface area contributed by atoms with Gasteiger partial charge in [0.05, 0.1) is 11.0 Å². The first kappa shape index (κ1) is 45.7. The van der Waals surface area contributed by atoms with Crippen molar-refractivity contribution in [2.45, 2.75) is 39.0 Å². The highest BCUT2D eigenvalue weighted by Crippen LogP contribution is 2.28. The molecule has 4 heterocycles. The van der Waals surface area contributed by atoms with Crippen LogP contribution in [0.15, 0.2) is 114 Å². The number of halogens is 1. The minimum absolute atomic E-state index is 0. The monoisotopic (exact) mass is 912 g/mol. The van der Waals surface area contributed by atoms with Crippen LogP contribution in [-0.2, 0) is 39.0 Å². The van der Waals surface area contributed by atoms with E-state index in [2.05, 4.69) is 37.4 Å². The quantitative estimate of drug-likeness (QED) is 0.112. The average Bonchev–Trinajstić information content (AvgIpc) is 3.32. The van der Waals surface area contributed by atoms with Crippen LogP contribution in [0.2, 0.25) is 0 Å². The van der Waals surface area contributed by atoms with Crippen LogP contribution < -0.4 is 65.4 Å². The van der Waals surface area contributed by atoms with E-state index in [-0.39, 0.29) is 41.7 Å². The number of carboxylic acid groups (broad SMARTS) is 1. The third-order valence-corrected chi connectivity index (χ3v) is 11.4. The molecule has 2 aliphatic heterocycles. The Balaban J connectivity index is 0.000000161. The molecule has 2 aromatic heterocycles. The first-order valence-corrected chi connectivity index (χ1v) is 20.3. The van der Waals surface area contributed by atoms with Gasteiger partial charge in [0, 0.05) is 50.0 Å². The molecule has 0 atom stereocenters. The molecule has 0 saturated carbocycles. The second-order valence-electron chi connectivity index (χ2n) is 15.5. The summed E-state index contributed by atoms with van der Waals surface area (Å²) in [6.07, 6.45) is 1.57. The molecule has 20 heteroatoms. The van der Waals surface area contributed by atoms with Gasteiger partial charge in [0.1, 0.15) is 28.4 Å². The zero-order valence-corrected chi connectivity index (χ0v) is 35.7. The average molecular weight is 913 g/mol. The lowest BCUT2D eigenvalue weighted by Gasteiger charge is -2.32. The topological polar surface area (TPSA) is 311 Å². The first-order valence-electron chi connectivity index (χ1n) is 20.3. The third kappa shape index (κ3) is 8.92. The molecule has 0 spiro atoms. The van der Waals surface area contributed by atoms with Gasteiger partial charge < -0.3 is 47.4 Å². The number of rotatable bonds is 7. The molecule has 0 bridgehead atoms. The summed E-state index contributed by atoms with van der Waals surface area (Å²) in [4.78, 5) is 108. The van der Waals surface area contributed by atoms with Crippen molar-refractivity contribution in [3.05, 3.63) is 192 Å². The van der Waals surface area contributed by atoms with E-state index in [1.165, 1.54) is 5.56 Å². The predicted octanol–water partition coefficient (Wildman–Crippen LogP) is 1.52. The van der Waals surface area contributed by atoms with E-state index < -0.39 is 45.0 Å². The van der Waals surface area contributed by atoms with E-state index in [1.54, 1.807) is 48.5 Å². The summed E-state index contributed by atoms with van der Waals surface area (Å²) in [5.74, 6) is -1.64. The van der Waals surface area contributed by atoms with Crippen LogP contribution in [0.25, 0.3) is 21.8 Å². The number of H-pyrrole nitrogens is 2. The van der Waals surface area contributed by atoms with Crippen molar-refractivity contribution in [2.75, 3.05) is 34.4 Å². The second-order valence-corrected chi connectivity index (χ2v) is 15.5. The molecule has 8 aromatic rings. The molecular formula is C46H41ClN10O9. The van der Waals surface area contributed by atoms with Crippen molar-refractivity contribution in [3.8, 4) is 0 Å². The Hall–Kier alpha value is -8.29. The highest BCUT2D eigenvalue weighted by molar-refractivity contribution is 6.04. The first-order chi connectivity index (χ1) is 31.2. The molecule has 2 aliphatic rings.